The van der Waals surface area contributed by atoms with Gasteiger partial charge in [-0.05, 0) is 65.2 Å². The topological polar surface area (TPSA) is 97.6 Å². The average molecular weight is 337 g/mol. The summed E-state index contributed by atoms with van der Waals surface area (Å²) < 4.78 is 1.58. The van der Waals surface area contributed by atoms with Crippen LogP contribution in [0.3, 0.4) is 0 Å². The summed E-state index contributed by atoms with van der Waals surface area (Å²) in [4.78, 5) is 16.3. The van der Waals surface area contributed by atoms with Gasteiger partial charge in [0.2, 0.25) is 0 Å². The summed E-state index contributed by atoms with van der Waals surface area (Å²) in [5.74, 6) is 0. The molecule has 0 spiro atoms. The summed E-state index contributed by atoms with van der Waals surface area (Å²) in [6.45, 7) is 3.96. The van der Waals surface area contributed by atoms with Crippen molar-refractivity contribution in [2.75, 3.05) is 5.32 Å². The van der Waals surface area contributed by atoms with Crippen LogP contribution in [-0.2, 0) is 0 Å². The van der Waals surface area contributed by atoms with Gasteiger partial charge in [-0.25, -0.2) is 9.48 Å². The maximum Gasteiger partial charge on any atom is 0.319 e. The van der Waals surface area contributed by atoms with E-state index in [1.54, 1.807) is 17.1 Å². The van der Waals surface area contributed by atoms with E-state index in [1.807, 2.05) is 44.2 Å². The number of anilines is 1. The fourth-order valence-corrected chi connectivity index (χ4v) is 2.60. The van der Waals surface area contributed by atoms with Crippen molar-refractivity contribution in [1.82, 2.24) is 30.5 Å². The van der Waals surface area contributed by atoms with E-state index in [9.17, 15) is 4.79 Å². The number of benzene rings is 1. The van der Waals surface area contributed by atoms with E-state index in [-0.39, 0.29) is 12.1 Å². The number of rotatable bonds is 5. The van der Waals surface area contributed by atoms with Crippen molar-refractivity contribution in [1.29, 1.82) is 0 Å². The fourth-order valence-electron chi connectivity index (χ4n) is 2.60. The van der Waals surface area contributed by atoms with E-state index < -0.39 is 0 Å². The first-order valence-electron chi connectivity index (χ1n) is 7.99. The van der Waals surface area contributed by atoms with Gasteiger partial charge in [0.25, 0.3) is 0 Å². The van der Waals surface area contributed by atoms with Crippen LogP contribution >= 0.6 is 0 Å². The SMILES string of the molecule is CC[C@@H](NC(=O)Nc1ccc(-n2cnnn2)c(C)c1)c1ccncc1. The molecule has 1 aromatic carbocycles. The quantitative estimate of drug-likeness (QED) is 0.746. The zero-order valence-corrected chi connectivity index (χ0v) is 14.0. The first-order chi connectivity index (χ1) is 12.2. The normalized spacial score (nSPS) is 11.8. The molecule has 2 amide bonds. The van der Waals surface area contributed by atoms with Gasteiger partial charge in [-0.2, -0.15) is 0 Å². The van der Waals surface area contributed by atoms with E-state index in [0.29, 0.717) is 5.69 Å². The summed E-state index contributed by atoms with van der Waals surface area (Å²) in [7, 11) is 0. The summed E-state index contributed by atoms with van der Waals surface area (Å²) in [6.07, 6.45) is 5.76. The molecule has 0 aliphatic heterocycles. The summed E-state index contributed by atoms with van der Waals surface area (Å²) in [5, 5.41) is 17.0. The van der Waals surface area contributed by atoms with Crippen molar-refractivity contribution in [3.05, 3.63) is 60.2 Å². The Morgan fingerprint density at radius 3 is 2.68 bits per heavy atom. The van der Waals surface area contributed by atoms with Gasteiger partial charge in [-0.3, -0.25) is 4.98 Å². The molecular weight excluding hydrogens is 318 g/mol. The number of hydrogen-bond donors (Lipinski definition) is 2. The average Bonchev–Trinajstić information content (AvgIpc) is 3.15. The highest BCUT2D eigenvalue weighted by molar-refractivity contribution is 5.89. The van der Waals surface area contributed by atoms with E-state index in [4.69, 9.17) is 0 Å². The Labute approximate surface area is 145 Å². The maximum atomic E-state index is 12.3. The van der Waals surface area contributed by atoms with Gasteiger partial charge < -0.3 is 10.6 Å². The van der Waals surface area contributed by atoms with Crippen molar-refractivity contribution in [2.24, 2.45) is 0 Å². The summed E-state index contributed by atoms with van der Waals surface area (Å²) >= 11 is 0. The Morgan fingerprint density at radius 2 is 2.04 bits per heavy atom. The molecule has 0 saturated heterocycles. The summed E-state index contributed by atoms with van der Waals surface area (Å²) in [6, 6.07) is 9.05. The molecule has 2 heterocycles. The molecule has 2 N–H and O–H groups in total. The molecule has 0 unspecified atom stereocenters. The number of aromatic nitrogens is 5. The van der Waals surface area contributed by atoms with Crippen LogP contribution in [0.5, 0.6) is 0 Å². The monoisotopic (exact) mass is 337 g/mol. The molecule has 0 bridgehead atoms. The molecule has 0 aliphatic rings. The number of nitrogens with one attached hydrogen (secondary N) is 2. The predicted octanol–water partition coefficient (Wildman–Crippen LogP) is 2.64. The molecule has 0 radical (unpaired) electrons. The zero-order valence-electron chi connectivity index (χ0n) is 14.0. The lowest BCUT2D eigenvalue weighted by molar-refractivity contribution is 0.248. The van der Waals surface area contributed by atoms with Gasteiger partial charge in [0, 0.05) is 18.1 Å². The van der Waals surface area contributed by atoms with Gasteiger partial charge in [0.1, 0.15) is 6.33 Å². The lowest BCUT2D eigenvalue weighted by Crippen LogP contribution is -2.32. The molecule has 3 rings (SSSR count). The predicted molar refractivity (Wildman–Crippen MR) is 93.3 cm³/mol. The molecule has 0 saturated carbocycles. The lowest BCUT2D eigenvalue weighted by atomic mass is 10.1. The molecule has 8 nitrogen and oxygen atoms in total. The first kappa shape index (κ1) is 16.6. The number of carbonyl (C=O) groups excluding carboxylic acids is 1. The van der Waals surface area contributed by atoms with E-state index in [1.165, 1.54) is 6.33 Å². The number of hydrogen-bond acceptors (Lipinski definition) is 5. The molecular formula is C17H19N7O. The van der Waals surface area contributed by atoms with Crippen LogP contribution in [0.15, 0.2) is 49.1 Å². The molecule has 25 heavy (non-hydrogen) atoms. The standard InChI is InChI=1S/C17H19N7O/c1-3-15(13-6-8-18-9-7-13)21-17(25)20-14-4-5-16(12(2)10-14)24-11-19-22-23-24/h4-11,15H,3H2,1-2H3,(H2,20,21,25)/t15-/m1/s1. The number of urea groups is 1. The Balaban J connectivity index is 1.67. The van der Waals surface area contributed by atoms with Gasteiger partial charge >= 0.3 is 6.03 Å². The highest BCUT2D eigenvalue weighted by atomic mass is 16.2. The van der Waals surface area contributed by atoms with Crippen LogP contribution in [-0.4, -0.2) is 31.2 Å². The number of tetrazole rings is 1. The van der Waals surface area contributed by atoms with Crippen molar-refractivity contribution in [3.63, 3.8) is 0 Å². The minimum Gasteiger partial charge on any atom is -0.331 e. The van der Waals surface area contributed by atoms with Gasteiger partial charge in [0.15, 0.2) is 0 Å². The fraction of sp³-hybridized carbons (Fsp3) is 0.235. The molecule has 8 heteroatoms. The third kappa shape index (κ3) is 3.97. The van der Waals surface area contributed by atoms with E-state index in [2.05, 4.69) is 31.1 Å². The second-order valence-electron chi connectivity index (χ2n) is 5.60. The number of pyridine rings is 1. The smallest absolute Gasteiger partial charge is 0.319 e. The lowest BCUT2D eigenvalue weighted by Gasteiger charge is -2.18. The van der Waals surface area contributed by atoms with Crippen LogP contribution in [0.1, 0.15) is 30.5 Å². The molecule has 1 atom stereocenters. The Morgan fingerprint density at radius 1 is 1.24 bits per heavy atom. The first-order valence-corrected chi connectivity index (χ1v) is 7.99. The molecule has 3 aromatic rings. The Kier molecular flexibility index (Phi) is 4.98. The second kappa shape index (κ2) is 7.52. The third-order valence-electron chi connectivity index (χ3n) is 3.87. The third-order valence-corrected chi connectivity index (χ3v) is 3.87. The Bertz CT molecular complexity index is 833. The van der Waals surface area contributed by atoms with Crippen molar-refractivity contribution >= 4 is 11.7 Å². The van der Waals surface area contributed by atoms with Crippen LogP contribution < -0.4 is 10.6 Å². The summed E-state index contributed by atoms with van der Waals surface area (Å²) in [5.41, 5.74) is 3.54. The highest BCUT2D eigenvalue weighted by Crippen LogP contribution is 2.19. The van der Waals surface area contributed by atoms with Gasteiger partial charge in [0.05, 0.1) is 11.7 Å². The van der Waals surface area contributed by atoms with Crippen LogP contribution in [0.2, 0.25) is 0 Å². The molecule has 0 aliphatic carbocycles. The molecule has 0 fully saturated rings. The second-order valence-corrected chi connectivity index (χ2v) is 5.60. The molecule has 2 aromatic heterocycles. The van der Waals surface area contributed by atoms with Crippen LogP contribution in [0, 0.1) is 6.92 Å². The van der Waals surface area contributed by atoms with E-state index >= 15 is 0 Å². The van der Waals surface area contributed by atoms with Gasteiger partial charge in [-0.1, -0.05) is 6.92 Å². The van der Waals surface area contributed by atoms with E-state index in [0.717, 1.165) is 23.2 Å². The number of carbonyl (C=O) groups is 1. The zero-order chi connectivity index (χ0) is 17.6. The number of aryl methyl sites for hydroxylation is 1. The largest absolute Gasteiger partial charge is 0.331 e. The molecule has 128 valence electrons. The maximum absolute atomic E-state index is 12.3. The van der Waals surface area contributed by atoms with Crippen molar-refractivity contribution in [3.8, 4) is 5.69 Å². The van der Waals surface area contributed by atoms with Gasteiger partial charge in [-0.15, -0.1) is 5.10 Å². The number of nitrogens with zero attached hydrogens (tertiary/aromatic N) is 5. The van der Waals surface area contributed by atoms with Crippen LogP contribution in [0.4, 0.5) is 10.5 Å². The highest BCUT2D eigenvalue weighted by Gasteiger charge is 2.13. The van der Waals surface area contributed by atoms with Crippen LogP contribution in [0.25, 0.3) is 5.69 Å². The van der Waals surface area contributed by atoms with Crippen molar-refractivity contribution in [2.45, 2.75) is 26.3 Å². The minimum atomic E-state index is -0.252. The number of amides is 2. The Hall–Kier alpha value is -3.29. The van der Waals surface area contributed by atoms with Crippen molar-refractivity contribution < 1.29 is 4.79 Å². The minimum absolute atomic E-state index is 0.0652.